The topological polar surface area (TPSA) is 115 Å². The van der Waals surface area contributed by atoms with E-state index < -0.39 is 5.97 Å². The Morgan fingerprint density at radius 1 is 0.923 bits per heavy atom. The summed E-state index contributed by atoms with van der Waals surface area (Å²) < 4.78 is 10.2. The minimum absolute atomic E-state index is 0.120. The highest BCUT2D eigenvalue weighted by atomic mass is 17.1. The summed E-state index contributed by atoms with van der Waals surface area (Å²) in [4.78, 5) is 28.3. The second-order valence-corrected chi connectivity index (χ2v) is 12.6. The van der Waals surface area contributed by atoms with Crippen molar-refractivity contribution in [3.8, 4) is 17.1 Å². The van der Waals surface area contributed by atoms with Crippen molar-refractivity contribution in [2.45, 2.75) is 53.7 Å². The van der Waals surface area contributed by atoms with Gasteiger partial charge in [0, 0.05) is 25.6 Å². The lowest BCUT2D eigenvalue weighted by atomic mass is 9.96. The van der Waals surface area contributed by atoms with E-state index in [4.69, 9.17) is 25.1 Å². The number of hydrogen-bond donors (Lipinski definition) is 2. The van der Waals surface area contributed by atoms with E-state index in [1.54, 1.807) is 37.3 Å². The highest BCUT2D eigenvalue weighted by molar-refractivity contribution is 6.07. The number of ether oxygens (including phenoxy) is 1. The maximum absolute atomic E-state index is 13.5. The fourth-order valence-electron chi connectivity index (χ4n) is 6.45. The normalized spacial score (nSPS) is 12.5. The summed E-state index contributed by atoms with van der Waals surface area (Å²) in [7, 11) is 2.06. The van der Waals surface area contributed by atoms with E-state index in [1.807, 2.05) is 55.5 Å². The summed E-state index contributed by atoms with van der Waals surface area (Å²) in [5.74, 6) is 1.74. The Labute approximate surface area is 303 Å². The Hall–Kier alpha value is -5.65. The fourth-order valence-corrected chi connectivity index (χ4v) is 6.45. The van der Waals surface area contributed by atoms with E-state index in [1.165, 1.54) is 0 Å². The van der Waals surface area contributed by atoms with Crippen molar-refractivity contribution in [2.75, 3.05) is 0 Å². The molecule has 0 atom stereocenters. The molecule has 0 aliphatic heterocycles. The van der Waals surface area contributed by atoms with Crippen molar-refractivity contribution in [1.29, 1.82) is 0 Å². The Bertz CT molecular complexity index is 2310. The third-order valence-electron chi connectivity index (χ3n) is 8.96. The molecular weight excluding hydrogens is 654 g/mol. The minimum Gasteiger partial charge on any atom is -0.423 e. The molecule has 10 heteroatoms. The Balaban J connectivity index is 1.29. The summed E-state index contributed by atoms with van der Waals surface area (Å²) in [5.41, 5.74) is 9.96. The minimum atomic E-state index is -0.521. The number of fused-ring (bicyclic) bond motifs is 2. The van der Waals surface area contributed by atoms with Gasteiger partial charge >= 0.3 is 5.97 Å². The van der Waals surface area contributed by atoms with Crippen molar-refractivity contribution in [2.24, 2.45) is 7.05 Å². The van der Waals surface area contributed by atoms with E-state index in [-0.39, 0.29) is 12.0 Å². The van der Waals surface area contributed by atoms with Crippen LogP contribution in [0.3, 0.4) is 0 Å². The van der Waals surface area contributed by atoms with Crippen LogP contribution in [-0.4, -0.2) is 40.9 Å². The van der Waals surface area contributed by atoms with Crippen LogP contribution in [0.25, 0.3) is 39.0 Å². The molecule has 52 heavy (non-hydrogen) atoms. The molecule has 0 saturated carbocycles. The first-order valence-corrected chi connectivity index (χ1v) is 17.3. The van der Waals surface area contributed by atoms with Crippen LogP contribution in [0.2, 0.25) is 0 Å². The molecule has 0 spiro atoms. The van der Waals surface area contributed by atoms with Gasteiger partial charge in [0.2, 0.25) is 0 Å². The van der Waals surface area contributed by atoms with Gasteiger partial charge in [0.15, 0.2) is 0 Å². The number of allylic oxidation sites excluding steroid dienone is 4. The van der Waals surface area contributed by atoms with E-state index >= 15 is 0 Å². The number of aryl methyl sites for hydroxylation is 3. The van der Waals surface area contributed by atoms with E-state index in [9.17, 15) is 4.79 Å². The molecule has 0 aliphatic rings. The summed E-state index contributed by atoms with van der Waals surface area (Å²) in [6.07, 6.45) is 9.28. The van der Waals surface area contributed by atoms with Gasteiger partial charge in [0.05, 0.1) is 39.6 Å². The second kappa shape index (κ2) is 16.1. The molecule has 0 unspecified atom stereocenters. The van der Waals surface area contributed by atoms with Gasteiger partial charge in [-0.05, 0) is 91.4 Å². The quantitative estimate of drug-likeness (QED) is 0.0404. The molecule has 6 rings (SSSR count). The highest BCUT2D eigenvalue weighted by Gasteiger charge is 2.20. The fraction of sp³-hybridized carbons (Fsp3) is 0.214. The first kappa shape index (κ1) is 36.2. The van der Waals surface area contributed by atoms with Gasteiger partial charge in [-0.2, -0.15) is 0 Å². The van der Waals surface area contributed by atoms with Crippen molar-refractivity contribution < 1.29 is 24.8 Å². The number of carbonyl (C=O) groups excluding carboxylic acids is 1. The van der Waals surface area contributed by atoms with Gasteiger partial charge in [0.1, 0.15) is 17.4 Å². The SMILES string of the molecule is C\C=C/C=C(\C(=C/C)C(=O)Oc1cccc(CON(O)O)c1)c1ccc(Cn2c(CCC)nc3c(C)cc(-c4nc5ccccc5n4C)cc32)cc1. The number of hydrogen-bond acceptors (Lipinski definition) is 8. The van der Waals surface area contributed by atoms with Crippen molar-refractivity contribution in [1.82, 2.24) is 24.5 Å². The molecular formula is C42H43N5O5. The Morgan fingerprint density at radius 3 is 2.42 bits per heavy atom. The van der Waals surface area contributed by atoms with Crippen LogP contribution in [0.5, 0.6) is 5.75 Å². The molecule has 2 N–H and O–H groups in total. The zero-order valence-electron chi connectivity index (χ0n) is 30.1. The molecule has 0 amide bonds. The summed E-state index contributed by atoms with van der Waals surface area (Å²) in [6, 6.07) is 27.5. The maximum atomic E-state index is 13.5. The summed E-state index contributed by atoms with van der Waals surface area (Å²) in [6.45, 7) is 8.53. The predicted molar refractivity (Wildman–Crippen MR) is 203 cm³/mol. The van der Waals surface area contributed by atoms with Gasteiger partial charge < -0.3 is 13.9 Å². The van der Waals surface area contributed by atoms with Crippen LogP contribution < -0.4 is 4.74 Å². The van der Waals surface area contributed by atoms with Crippen LogP contribution in [0, 0.1) is 6.92 Å². The summed E-state index contributed by atoms with van der Waals surface area (Å²) in [5, 5.41) is 17.4. The lowest BCUT2D eigenvalue weighted by Gasteiger charge is -2.14. The predicted octanol–water partition coefficient (Wildman–Crippen LogP) is 8.92. The van der Waals surface area contributed by atoms with Crippen molar-refractivity contribution in [3.63, 3.8) is 0 Å². The van der Waals surface area contributed by atoms with Crippen LogP contribution in [0.4, 0.5) is 0 Å². The molecule has 0 aliphatic carbocycles. The van der Waals surface area contributed by atoms with Crippen LogP contribution >= 0.6 is 0 Å². The molecule has 0 saturated heterocycles. The third-order valence-corrected chi connectivity index (χ3v) is 8.96. The van der Waals surface area contributed by atoms with Gasteiger partial charge in [-0.25, -0.2) is 19.6 Å². The lowest BCUT2D eigenvalue weighted by Crippen LogP contribution is -2.14. The molecule has 2 heterocycles. The number of carbonyl (C=O) groups is 1. The number of nitrogens with zero attached hydrogens (tertiary/aromatic N) is 5. The first-order chi connectivity index (χ1) is 25.2. The molecule has 6 aromatic rings. The standard InChI is InChI=1S/C42H43N5O5/c1-6-9-16-35(34(8-3)42(48)52-33-15-12-14-30(24-33)27-51-47(49)50)31-21-19-29(20-22-31)26-46-38-25-32(23-28(4)40(38)44-39(46)13-7-2)41-43-36-17-10-11-18-37(36)45(41)5/h6,8-12,14-25,49-50H,7,13,26-27H2,1-5H3/b9-6-,34-8+,35-16-. The molecule has 0 fully saturated rings. The van der Waals surface area contributed by atoms with Crippen molar-refractivity contribution >= 4 is 33.6 Å². The third kappa shape index (κ3) is 7.80. The van der Waals surface area contributed by atoms with Gasteiger partial charge in [-0.3, -0.25) is 10.4 Å². The smallest absolute Gasteiger partial charge is 0.343 e. The molecule has 0 bridgehead atoms. The zero-order chi connectivity index (χ0) is 36.8. The first-order valence-electron chi connectivity index (χ1n) is 17.3. The van der Waals surface area contributed by atoms with Gasteiger partial charge in [0.25, 0.3) is 0 Å². The number of imidazole rings is 2. The lowest BCUT2D eigenvalue weighted by molar-refractivity contribution is -0.497. The number of esters is 1. The zero-order valence-corrected chi connectivity index (χ0v) is 30.1. The average Bonchev–Trinajstić information content (AvgIpc) is 3.66. The monoisotopic (exact) mass is 697 g/mol. The Morgan fingerprint density at radius 2 is 1.71 bits per heavy atom. The molecule has 266 valence electrons. The van der Waals surface area contributed by atoms with Gasteiger partial charge in [-0.15, -0.1) is 0 Å². The Kier molecular flexibility index (Phi) is 11.2. The van der Waals surface area contributed by atoms with Crippen LogP contribution in [0.1, 0.15) is 55.3 Å². The van der Waals surface area contributed by atoms with Crippen LogP contribution in [-0.2, 0) is 36.3 Å². The number of aromatic nitrogens is 4. The summed E-state index contributed by atoms with van der Waals surface area (Å²) >= 11 is 0. The van der Waals surface area contributed by atoms with E-state index in [0.29, 0.717) is 23.4 Å². The van der Waals surface area contributed by atoms with E-state index in [2.05, 4.69) is 65.2 Å². The maximum Gasteiger partial charge on any atom is 0.343 e. The number of benzene rings is 4. The van der Waals surface area contributed by atoms with Crippen LogP contribution in [0.15, 0.2) is 115 Å². The van der Waals surface area contributed by atoms with E-state index in [0.717, 1.165) is 74.4 Å². The average molecular weight is 698 g/mol. The number of rotatable bonds is 13. The number of para-hydroxylation sites is 2. The largest absolute Gasteiger partial charge is 0.423 e. The second-order valence-electron chi connectivity index (χ2n) is 12.6. The van der Waals surface area contributed by atoms with Gasteiger partial charge in [-0.1, -0.05) is 79.8 Å². The molecule has 10 nitrogen and oxygen atoms in total. The molecule has 4 aromatic carbocycles. The highest BCUT2D eigenvalue weighted by Crippen LogP contribution is 2.31. The molecule has 2 aromatic heterocycles. The van der Waals surface area contributed by atoms with Crippen molar-refractivity contribution in [3.05, 3.63) is 143 Å². The molecule has 0 radical (unpaired) electrons.